The van der Waals surface area contributed by atoms with Crippen molar-refractivity contribution in [2.24, 2.45) is 0 Å². The molecule has 1 saturated heterocycles. The third-order valence-corrected chi connectivity index (χ3v) is 8.33. The van der Waals surface area contributed by atoms with Gasteiger partial charge in [0.05, 0.1) is 11.0 Å². The molecule has 180 valence electrons. The van der Waals surface area contributed by atoms with Crippen molar-refractivity contribution in [2.75, 3.05) is 13.1 Å². The zero-order chi connectivity index (χ0) is 24.3. The van der Waals surface area contributed by atoms with E-state index in [1.165, 1.54) is 0 Å². The number of hydrogen-bond donors (Lipinski definition) is 0. The highest BCUT2D eigenvalue weighted by atomic mass is 35.5. The van der Waals surface area contributed by atoms with Gasteiger partial charge in [-0.05, 0) is 68.1 Å². The number of carbonyl (C=O) groups is 1. The molecular formula is C23H21ClF3N3O3S. The van der Waals surface area contributed by atoms with Crippen molar-refractivity contribution in [3.63, 3.8) is 0 Å². The second kappa shape index (κ2) is 8.35. The molecule has 1 aliphatic heterocycles. The van der Waals surface area contributed by atoms with E-state index in [-0.39, 0.29) is 43.7 Å². The number of aromatic nitrogens is 2. The quantitative estimate of drug-likeness (QED) is 0.437. The highest BCUT2D eigenvalue weighted by Gasteiger charge is 2.50. The lowest BCUT2D eigenvalue weighted by Crippen LogP contribution is -2.45. The lowest BCUT2D eigenvalue weighted by Gasteiger charge is -2.33. The highest BCUT2D eigenvalue weighted by molar-refractivity contribution is 7.90. The van der Waals surface area contributed by atoms with Crippen LogP contribution >= 0.6 is 11.6 Å². The molecule has 2 fully saturated rings. The molecule has 2 aliphatic rings. The summed E-state index contributed by atoms with van der Waals surface area (Å²) >= 11 is 5.92. The van der Waals surface area contributed by atoms with E-state index in [4.69, 9.17) is 16.6 Å². The Morgan fingerprint density at radius 3 is 2.18 bits per heavy atom. The van der Waals surface area contributed by atoms with Crippen LogP contribution in [0.2, 0.25) is 5.02 Å². The predicted octanol–water partition coefficient (Wildman–Crippen LogP) is 5.28. The number of sulfonamides is 1. The molecule has 0 N–H and O–H groups in total. The van der Waals surface area contributed by atoms with Crippen molar-refractivity contribution in [3.8, 4) is 0 Å². The third-order valence-electron chi connectivity index (χ3n) is 6.45. The number of benzene rings is 2. The van der Waals surface area contributed by atoms with Gasteiger partial charge in [0.1, 0.15) is 5.82 Å². The van der Waals surface area contributed by atoms with Gasteiger partial charge in [-0.25, -0.2) is 13.4 Å². The minimum atomic E-state index is -5.35. The van der Waals surface area contributed by atoms with E-state index in [0.29, 0.717) is 26.0 Å². The lowest BCUT2D eigenvalue weighted by molar-refractivity contribution is -0.0496. The van der Waals surface area contributed by atoms with Crippen molar-refractivity contribution in [3.05, 3.63) is 64.4 Å². The first-order valence-corrected chi connectivity index (χ1v) is 12.8. The van der Waals surface area contributed by atoms with Crippen LogP contribution in [0.25, 0.3) is 11.0 Å². The predicted molar refractivity (Wildman–Crippen MR) is 121 cm³/mol. The fourth-order valence-electron chi connectivity index (χ4n) is 4.52. The average molecular weight is 512 g/mol. The summed E-state index contributed by atoms with van der Waals surface area (Å²) in [6, 6.07) is 11.6. The first-order valence-electron chi connectivity index (χ1n) is 10.9. The molecule has 3 aromatic rings. The van der Waals surface area contributed by atoms with Gasteiger partial charge in [-0.3, -0.25) is 4.79 Å². The Kier molecular flexibility index (Phi) is 5.73. The molecule has 0 spiro atoms. The van der Waals surface area contributed by atoms with E-state index >= 15 is 0 Å². The molecule has 11 heteroatoms. The monoisotopic (exact) mass is 511 g/mol. The molecule has 0 unspecified atom stereocenters. The van der Waals surface area contributed by atoms with Crippen molar-refractivity contribution >= 4 is 38.4 Å². The smallest absolute Gasteiger partial charge is 0.325 e. The van der Waals surface area contributed by atoms with Gasteiger partial charge in [0.2, 0.25) is 0 Å². The maximum absolute atomic E-state index is 13.0. The fourth-order valence-corrected chi connectivity index (χ4v) is 5.63. The molecule has 2 heterocycles. The number of halogens is 4. The number of fused-ring (bicyclic) bond motifs is 1. The maximum Gasteiger partial charge on any atom is 0.511 e. The Labute approximate surface area is 199 Å². The van der Waals surface area contributed by atoms with Gasteiger partial charge in [0, 0.05) is 41.2 Å². The van der Waals surface area contributed by atoms with E-state index in [0.717, 1.165) is 24.2 Å². The topological polar surface area (TPSA) is 72.3 Å². The van der Waals surface area contributed by atoms with E-state index < -0.39 is 15.5 Å². The van der Waals surface area contributed by atoms with Gasteiger partial charge in [-0.15, -0.1) is 0 Å². The summed E-state index contributed by atoms with van der Waals surface area (Å²) in [7, 11) is -5.35. The zero-order valence-corrected chi connectivity index (χ0v) is 19.5. The maximum atomic E-state index is 13.0. The normalized spacial score (nSPS) is 18.5. The summed E-state index contributed by atoms with van der Waals surface area (Å²) < 4.78 is 65.1. The SMILES string of the molecule is O=C(c1ccc(Cl)cc1)c1ccc2nc(C3CC3)n(C3CCN(S(=O)(=O)C(F)(F)F)CC3)c2c1. The van der Waals surface area contributed by atoms with Gasteiger partial charge in [0.15, 0.2) is 5.78 Å². The van der Waals surface area contributed by atoms with Crippen LogP contribution in [-0.4, -0.2) is 46.7 Å². The standard InChI is InChI=1S/C23H21ClF3N3O3S/c24-17-6-3-14(4-7-17)21(31)16-5-8-19-20(13-16)30(22(28-19)15-1-2-15)18-9-11-29(12-10-18)34(32,33)23(25,26)27/h3-8,13,15,18H,1-2,9-12H2. The van der Waals surface area contributed by atoms with Gasteiger partial charge < -0.3 is 4.57 Å². The summed E-state index contributed by atoms with van der Waals surface area (Å²) in [5.74, 6) is 0.938. The van der Waals surface area contributed by atoms with Crippen LogP contribution in [0.1, 0.15) is 59.4 Å². The Hall–Kier alpha value is -2.43. The Morgan fingerprint density at radius 2 is 1.59 bits per heavy atom. The highest BCUT2D eigenvalue weighted by Crippen LogP contribution is 2.43. The molecule has 1 saturated carbocycles. The third kappa shape index (κ3) is 4.12. The second-order valence-electron chi connectivity index (χ2n) is 8.73. The van der Waals surface area contributed by atoms with Gasteiger partial charge in [-0.2, -0.15) is 17.5 Å². The minimum Gasteiger partial charge on any atom is -0.325 e. The van der Waals surface area contributed by atoms with Gasteiger partial charge in [0.25, 0.3) is 0 Å². The number of imidazole rings is 1. The summed E-state index contributed by atoms with van der Waals surface area (Å²) in [5.41, 5.74) is -2.91. The molecule has 0 radical (unpaired) electrons. The summed E-state index contributed by atoms with van der Waals surface area (Å²) in [6.45, 7) is -0.445. The van der Waals surface area contributed by atoms with Crippen LogP contribution in [0, 0.1) is 0 Å². The summed E-state index contributed by atoms with van der Waals surface area (Å²) in [6.07, 6.45) is 2.41. The Bertz CT molecular complexity index is 1360. The fraction of sp³-hybridized carbons (Fsp3) is 0.391. The van der Waals surface area contributed by atoms with Crippen LogP contribution < -0.4 is 0 Å². The van der Waals surface area contributed by atoms with Crippen molar-refractivity contribution in [1.29, 1.82) is 0 Å². The largest absolute Gasteiger partial charge is 0.511 e. The van der Waals surface area contributed by atoms with Gasteiger partial charge in [-0.1, -0.05) is 11.6 Å². The van der Waals surface area contributed by atoms with Crippen LogP contribution in [0.4, 0.5) is 13.2 Å². The molecule has 0 atom stereocenters. The number of ketones is 1. The van der Waals surface area contributed by atoms with E-state index in [9.17, 15) is 26.4 Å². The van der Waals surface area contributed by atoms with Crippen LogP contribution in [-0.2, 0) is 10.0 Å². The second-order valence-corrected chi connectivity index (χ2v) is 11.1. The summed E-state index contributed by atoms with van der Waals surface area (Å²) in [4.78, 5) is 17.8. The first-order chi connectivity index (χ1) is 16.1. The van der Waals surface area contributed by atoms with Crippen LogP contribution in [0.15, 0.2) is 42.5 Å². The minimum absolute atomic E-state index is 0.176. The van der Waals surface area contributed by atoms with Crippen LogP contribution in [0.5, 0.6) is 0 Å². The van der Waals surface area contributed by atoms with Crippen molar-refractivity contribution in [2.45, 2.75) is 43.2 Å². The molecule has 2 aromatic carbocycles. The Morgan fingerprint density at radius 1 is 0.971 bits per heavy atom. The van der Waals surface area contributed by atoms with E-state index in [2.05, 4.69) is 0 Å². The first kappa shape index (κ1) is 23.3. The zero-order valence-electron chi connectivity index (χ0n) is 17.9. The van der Waals surface area contributed by atoms with E-state index in [1.54, 1.807) is 42.5 Å². The molecule has 1 aromatic heterocycles. The molecule has 6 nitrogen and oxygen atoms in total. The van der Waals surface area contributed by atoms with E-state index in [1.807, 2.05) is 4.57 Å². The van der Waals surface area contributed by atoms with Gasteiger partial charge >= 0.3 is 15.5 Å². The summed E-state index contributed by atoms with van der Waals surface area (Å²) in [5, 5.41) is 0.526. The molecule has 0 bridgehead atoms. The van der Waals surface area contributed by atoms with Crippen molar-refractivity contribution in [1.82, 2.24) is 13.9 Å². The molecule has 5 rings (SSSR count). The van der Waals surface area contributed by atoms with Crippen molar-refractivity contribution < 1.29 is 26.4 Å². The average Bonchev–Trinajstić information content (AvgIpc) is 3.58. The number of rotatable bonds is 5. The Balaban J connectivity index is 1.48. The number of alkyl halides is 3. The number of carbonyl (C=O) groups excluding carboxylic acids is 1. The molecule has 34 heavy (non-hydrogen) atoms. The molecule has 1 aliphatic carbocycles. The van der Waals surface area contributed by atoms with Crippen LogP contribution in [0.3, 0.4) is 0 Å². The molecular weight excluding hydrogens is 491 g/mol. The number of hydrogen-bond acceptors (Lipinski definition) is 4. The number of nitrogens with zero attached hydrogens (tertiary/aromatic N) is 3. The molecule has 0 amide bonds. The lowest BCUT2D eigenvalue weighted by atomic mass is 10.0. The number of piperidine rings is 1.